The average molecular weight is 359 g/mol. The molecular formula is C14H12Cl2N2O3S. The van der Waals surface area contributed by atoms with Crippen LogP contribution in [0.15, 0.2) is 23.8 Å². The summed E-state index contributed by atoms with van der Waals surface area (Å²) in [5.74, 6) is -0.642. The Balaban J connectivity index is 2.14. The maximum atomic E-state index is 12.0. The molecule has 1 aliphatic rings. The molecule has 1 aliphatic heterocycles. The Kier molecular flexibility index (Phi) is 5.12. The molecule has 0 aromatic heterocycles. The van der Waals surface area contributed by atoms with Crippen molar-refractivity contribution in [3.05, 3.63) is 39.4 Å². The van der Waals surface area contributed by atoms with E-state index in [0.29, 0.717) is 22.0 Å². The van der Waals surface area contributed by atoms with E-state index < -0.39 is 21.8 Å². The number of hydrogen-bond acceptors (Lipinski definition) is 4. The predicted octanol–water partition coefficient (Wildman–Crippen LogP) is 2.20. The van der Waals surface area contributed by atoms with E-state index in [1.807, 2.05) is 0 Å². The van der Waals surface area contributed by atoms with E-state index >= 15 is 0 Å². The van der Waals surface area contributed by atoms with Crippen molar-refractivity contribution >= 4 is 45.0 Å². The highest BCUT2D eigenvalue weighted by molar-refractivity contribution is 7.91. The summed E-state index contributed by atoms with van der Waals surface area (Å²) in [7, 11) is -3.09. The summed E-state index contributed by atoms with van der Waals surface area (Å²) in [6.45, 7) is 0. The molecule has 8 heteroatoms. The van der Waals surface area contributed by atoms with Crippen LogP contribution in [0.3, 0.4) is 0 Å². The van der Waals surface area contributed by atoms with Gasteiger partial charge in [-0.25, -0.2) is 8.42 Å². The Bertz CT molecular complexity index is 782. The first kappa shape index (κ1) is 16.8. The molecule has 1 aromatic rings. The van der Waals surface area contributed by atoms with Crippen LogP contribution in [0.5, 0.6) is 0 Å². The van der Waals surface area contributed by atoms with Gasteiger partial charge in [0.1, 0.15) is 11.6 Å². The minimum Gasteiger partial charge on any atom is -0.348 e. The largest absolute Gasteiger partial charge is 0.348 e. The van der Waals surface area contributed by atoms with Gasteiger partial charge in [-0.1, -0.05) is 29.3 Å². The summed E-state index contributed by atoms with van der Waals surface area (Å²) in [5, 5.41) is 12.4. The lowest BCUT2D eigenvalue weighted by Gasteiger charge is -2.10. The molecule has 1 atom stereocenters. The number of nitrogens with one attached hydrogen (secondary N) is 1. The molecule has 5 nitrogen and oxygen atoms in total. The van der Waals surface area contributed by atoms with Crippen molar-refractivity contribution in [2.24, 2.45) is 0 Å². The second-order valence-corrected chi connectivity index (χ2v) is 7.96. The SMILES string of the molecule is N#CC(=Cc1ccc(Cl)c(Cl)c1)C(=O)NC1CCS(=O)(=O)C1. The first-order valence-electron chi connectivity index (χ1n) is 6.39. The number of carbonyl (C=O) groups excluding carboxylic acids is 1. The lowest BCUT2D eigenvalue weighted by atomic mass is 10.1. The molecule has 1 saturated heterocycles. The van der Waals surface area contributed by atoms with Gasteiger partial charge in [0.2, 0.25) is 0 Å². The topological polar surface area (TPSA) is 87.0 Å². The van der Waals surface area contributed by atoms with Gasteiger partial charge in [0, 0.05) is 6.04 Å². The molecule has 1 unspecified atom stereocenters. The van der Waals surface area contributed by atoms with Crippen LogP contribution in [-0.4, -0.2) is 31.9 Å². The highest BCUT2D eigenvalue weighted by atomic mass is 35.5. The molecule has 1 amide bonds. The lowest BCUT2D eigenvalue weighted by molar-refractivity contribution is -0.117. The van der Waals surface area contributed by atoms with Crippen LogP contribution in [-0.2, 0) is 14.6 Å². The zero-order valence-corrected chi connectivity index (χ0v) is 13.7. The Labute approximate surface area is 138 Å². The van der Waals surface area contributed by atoms with Gasteiger partial charge < -0.3 is 5.32 Å². The fourth-order valence-corrected chi connectivity index (χ4v) is 4.07. The molecule has 116 valence electrons. The van der Waals surface area contributed by atoms with Crippen LogP contribution in [0, 0.1) is 11.3 Å². The third-order valence-corrected chi connectivity index (χ3v) is 5.69. The van der Waals surface area contributed by atoms with Crippen LogP contribution in [0.25, 0.3) is 6.08 Å². The second kappa shape index (κ2) is 6.69. The van der Waals surface area contributed by atoms with E-state index in [0.717, 1.165) is 0 Å². The molecular weight excluding hydrogens is 347 g/mol. The zero-order valence-electron chi connectivity index (χ0n) is 11.3. The zero-order chi connectivity index (χ0) is 16.3. The fraction of sp³-hybridized carbons (Fsp3) is 0.286. The van der Waals surface area contributed by atoms with Gasteiger partial charge >= 0.3 is 0 Å². The maximum Gasteiger partial charge on any atom is 0.262 e. The van der Waals surface area contributed by atoms with Crippen molar-refractivity contribution in [3.63, 3.8) is 0 Å². The smallest absolute Gasteiger partial charge is 0.262 e. The molecule has 0 spiro atoms. The number of rotatable bonds is 3. The molecule has 2 rings (SSSR count). The standard InChI is InChI=1S/C14H12Cl2N2O3S/c15-12-2-1-9(6-13(12)16)5-10(7-17)14(19)18-11-3-4-22(20,21)8-11/h1-2,5-6,11H,3-4,8H2,(H,18,19). The van der Waals surface area contributed by atoms with Gasteiger partial charge in [0.15, 0.2) is 9.84 Å². The molecule has 1 aromatic carbocycles. The number of hydrogen-bond donors (Lipinski definition) is 1. The van der Waals surface area contributed by atoms with Gasteiger partial charge in [-0.15, -0.1) is 0 Å². The van der Waals surface area contributed by atoms with E-state index in [-0.39, 0.29) is 17.1 Å². The molecule has 0 radical (unpaired) electrons. The summed E-state index contributed by atoms with van der Waals surface area (Å²) in [4.78, 5) is 12.0. The number of sulfone groups is 1. The van der Waals surface area contributed by atoms with E-state index in [1.165, 1.54) is 12.1 Å². The molecule has 0 saturated carbocycles. The van der Waals surface area contributed by atoms with Crippen LogP contribution in [0.2, 0.25) is 10.0 Å². The van der Waals surface area contributed by atoms with Gasteiger partial charge in [-0.3, -0.25) is 4.79 Å². The Morgan fingerprint density at radius 2 is 2.09 bits per heavy atom. The normalized spacial score (nSPS) is 20.4. The monoisotopic (exact) mass is 358 g/mol. The highest BCUT2D eigenvalue weighted by Crippen LogP contribution is 2.23. The van der Waals surface area contributed by atoms with Crippen LogP contribution in [0.4, 0.5) is 0 Å². The number of benzene rings is 1. The minimum absolute atomic E-state index is 0.0519. The predicted molar refractivity (Wildman–Crippen MR) is 85.3 cm³/mol. The summed E-state index contributed by atoms with van der Waals surface area (Å²) in [6.07, 6.45) is 1.74. The quantitative estimate of drug-likeness (QED) is 0.662. The molecule has 0 aliphatic carbocycles. The van der Waals surface area contributed by atoms with Gasteiger partial charge in [-0.05, 0) is 30.2 Å². The molecule has 1 N–H and O–H groups in total. The van der Waals surface area contributed by atoms with Gasteiger partial charge in [-0.2, -0.15) is 5.26 Å². The first-order chi connectivity index (χ1) is 10.3. The molecule has 1 fully saturated rings. The van der Waals surface area contributed by atoms with E-state index in [1.54, 1.807) is 18.2 Å². The van der Waals surface area contributed by atoms with E-state index in [2.05, 4.69) is 5.32 Å². The summed E-state index contributed by atoms with van der Waals surface area (Å²) in [5.41, 5.74) is 0.433. The van der Waals surface area contributed by atoms with Gasteiger partial charge in [0.05, 0.1) is 21.6 Å². The van der Waals surface area contributed by atoms with E-state index in [9.17, 15) is 13.2 Å². The van der Waals surface area contributed by atoms with Crippen LogP contribution < -0.4 is 5.32 Å². The van der Waals surface area contributed by atoms with Crippen LogP contribution in [0.1, 0.15) is 12.0 Å². The number of carbonyl (C=O) groups is 1. The summed E-state index contributed by atoms with van der Waals surface area (Å²) < 4.78 is 22.7. The van der Waals surface area contributed by atoms with Crippen molar-refractivity contribution in [3.8, 4) is 6.07 Å². The van der Waals surface area contributed by atoms with Crippen molar-refractivity contribution in [2.75, 3.05) is 11.5 Å². The lowest BCUT2D eigenvalue weighted by Crippen LogP contribution is -2.36. The minimum atomic E-state index is -3.09. The second-order valence-electron chi connectivity index (χ2n) is 4.92. The first-order valence-corrected chi connectivity index (χ1v) is 8.96. The van der Waals surface area contributed by atoms with Crippen molar-refractivity contribution in [1.82, 2.24) is 5.32 Å². The maximum absolute atomic E-state index is 12.0. The van der Waals surface area contributed by atoms with Crippen molar-refractivity contribution in [1.29, 1.82) is 5.26 Å². The number of nitriles is 1. The van der Waals surface area contributed by atoms with E-state index in [4.69, 9.17) is 28.5 Å². The molecule has 22 heavy (non-hydrogen) atoms. The Morgan fingerprint density at radius 3 is 2.64 bits per heavy atom. The third kappa shape index (κ3) is 4.23. The number of halogens is 2. The summed E-state index contributed by atoms with van der Waals surface area (Å²) in [6, 6.07) is 6.07. The Morgan fingerprint density at radius 1 is 1.36 bits per heavy atom. The van der Waals surface area contributed by atoms with Crippen molar-refractivity contribution in [2.45, 2.75) is 12.5 Å². The van der Waals surface area contributed by atoms with Crippen molar-refractivity contribution < 1.29 is 13.2 Å². The molecule has 1 heterocycles. The van der Waals surface area contributed by atoms with Gasteiger partial charge in [0.25, 0.3) is 5.91 Å². The average Bonchev–Trinajstić information content (AvgIpc) is 2.79. The highest BCUT2D eigenvalue weighted by Gasteiger charge is 2.29. The summed E-state index contributed by atoms with van der Waals surface area (Å²) >= 11 is 11.7. The van der Waals surface area contributed by atoms with Crippen LogP contribution >= 0.6 is 23.2 Å². The number of amides is 1. The third-order valence-electron chi connectivity index (χ3n) is 3.19. The number of nitrogens with zero attached hydrogens (tertiary/aromatic N) is 1. The Hall–Kier alpha value is -1.55. The molecule has 0 bridgehead atoms. The fourth-order valence-electron chi connectivity index (χ4n) is 2.09.